The third kappa shape index (κ3) is 4.28. The van der Waals surface area contributed by atoms with E-state index in [1.165, 1.54) is 0 Å². The van der Waals surface area contributed by atoms with Crippen molar-refractivity contribution in [3.05, 3.63) is 65.2 Å². The molecule has 0 radical (unpaired) electrons. The number of piperidine rings is 1. The summed E-state index contributed by atoms with van der Waals surface area (Å²) in [4.78, 5) is 9.70. The monoisotopic (exact) mass is 407 g/mol. The molecule has 0 bridgehead atoms. The molecule has 0 amide bonds. The normalized spacial score (nSPS) is 17.7. The topological polar surface area (TPSA) is 41.1 Å². The van der Waals surface area contributed by atoms with Gasteiger partial charge in [0.15, 0.2) is 0 Å². The maximum absolute atomic E-state index is 14.7. The van der Waals surface area contributed by atoms with Crippen molar-refractivity contribution in [3.63, 3.8) is 0 Å². The highest BCUT2D eigenvalue weighted by atomic mass is 19.4. The first-order valence-corrected chi connectivity index (χ1v) is 9.46. The number of ether oxygens (including phenoxy) is 1. The number of aromatic amines is 1. The molecular weight excluding hydrogens is 386 g/mol. The van der Waals surface area contributed by atoms with Crippen molar-refractivity contribution in [1.82, 2.24) is 14.9 Å². The highest BCUT2D eigenvalue weighted by Gasteiger charge is 2.34. The van der Waals surface area contributed by atoms with Crippen LogP contribution in [-0.4, -0.2) is 41.1 Å². The number of imidazole rings is 1. The van der Waals surface area contributed by atoms with Crippen molar-refractivity contribution in [2.75, 3.05) is 20.1 Å². The van der Waals surface area contributed by atoms with E-state index in [1.54, 1.807) is 12.1 Å². The van der Waals surface area contributed by atoms with E-state index in [0.29, 0.717) is 29.7 Å². The fraction of sp³-hybridized carbons (Fsp3) is 0.381. The SMILES string of the molecule is CN1CCC(OC(c2nc3ccccc3[nH]2)c2cc(C(F)(F)F)ccc2F)CC1. The Hall–Kier alpha value is -2.45. The number of para-hydroxylation sites is 2. The highest BCUT2D eigenvalue weighted by molar-refractivity contribution is 5.74. The summed E-state index contributed by atoms with van der Waals surface area (Å²) in [6.45, 7) is 1.62. The Bertz CT molecular complexity index is 960. The quantitative estimate of drug-likeness (QED) is 0.624. The first-order valence-electron chi connectivity index (χ1n) is 9.46. The largest absolute Gasteiger partial charge is 0.416 e. The van der Waals surface area contributed by atoms with Gasteiger partial charge in [-0.15, -0.1) is 0 Å². The average Bonchev–Trinajstić information content (AvgIpc) is 3.11. The van der Waals surface area contributed by atoms with Crippen molar-refractivity contribution in [2.24, 2.45) is 0 Å². The third-order valence-corrected chi connectivity index (χ3v) is 5.26. The summed E-state index contributed by atoms with van der Waals surface area (Å²) in [6, 6.07) is 9.62. The molecular formula is C21H21F4N3O. The Labute approximate surface area is 165 Å². The predicted octanol–water partition coefficient (Wildman–Crippen LogP) is 4.92. The molecule has 0 aliphatic carbocycles. The van der Waals surface area contributed by atoms with Gasteiger partial charge < -0.3 is 14.6 Å². The van der Waals surface area contributed by atoms with Gasteiger partial charge in [0.25, 0.3) is 0 Å². The number of rotatable bonds is 4. The van der Waals surface area contributed by atoms with Crippen LogP contribution in [0.2, 0.25) is 0 Å². The lowest BCUT2D eigenvalue weighted by atomic mass is 10.0. The molecule has 4 nitrogen and oxygen atoms in total. The van der Waals surface area contributed by atoms with Crippen LogP contribution in [0.3, 0.4) is 0 Å². The molecule has 0 spiro atoms. The maximum atomic E-state index is 14.7. The van der Waals surface area contributed by atoms with E-state index in [1.807, 2.05) is 19.2 Å². The standard InChI is InChI=1S/C21H21F4N3O/c1-28-10-8-14(9-11-28)29-19(20-26-17-4-2-3-5-18(17)27-20)15-12-13(21(23,24)25)6-7-16(15)22/h2-7,12,14,19H,8-11H2,1H3,(H,26,27). The summed E-state index contributed by atoms with van der Waals surface area (Å²) < 4.78 is 60.6. The van der Waals surface area contributed by atoms with E-state index in [4.69, 9.17) is 4.74 Å². The van der Waals surface area contributed by atoms with E-state index < -0.39 is 23.7 Å². The second-order valence-corrected chi connectivity index (χ2v) is 7.39. The van der Waals surface area contributed by atoms with Gasteiger partial charge in [-0.05, 0) is 50.2 Å². The Morgan fingerprint density at radius 1 is 1.14 bits per heavy atom. The molecule has 2 heterocycles. The van der Waals surface area contributed by atoms with Crippen molar-refractivity contribution in [1.29, 1.82) is 0 Å². The summed E-state index contributed by atoms with van der Waals surface area (Å²) in [5.74, 6) is -0.459. The van der Waals surface area contributed by atoms with Gasteiger partial charge in [0.2, 0.25) is 0 Å². The van der Waals surface area contributed by atoms with E-state index in [-0.39, 0.29) is 11.7 Å². The lowest BCUT2D eigenvalue weighted by molar-refractivity contribution is -0.137. The Kier molecular flexibility index (Phi) is 5.31. The number of hydrogen-bond donors (Lipinski definition) is 1. The van der Waals surface area contributed by atoms with Crippen molar-refractivity contribution < 1.29 is 22.3 Å². The minimum Gasteiger partial charge on any atom is -0.362 e. The molecule has 1 aromatic heterocycles. The molecule has 1 fully saturated rings. The molecule has 1 saturated heterocycles. The maximum Gasteiger partial charge on any atom is 0.416 e. The van der Waals surface area contributed by atoms with Crippen molar-refractivity contribution >= 4 is 11.0 Å². The van der Waals surface area contributed by atoms with Gasteiger partial charge in [0, 0.05) is 18.7 Å². The van der Waals surface area contributed by atoms with Gasteiger partial charge in [0.05, 0.1) is 22.7 Å². The predicted molar refractivity (Wildman–Crippen MR) is 101 cm³/mol. The third-order valence-electron chi connectivity index (χ3n) is 5.26. The van der Waals surface area contributed by atoms with Crippen LogP contribution in [0.4, 0.5) is 17.6 Å². The Morgan fingerprint density at radius 2 is 1.86 bits per heavy atom. The second kappa shape index (κ2) is 7.76. The van der Waals surface area contributed by atoms with Crippen LogP contribution in [0.1, 0.15) is 35.9 Å². The number of likely N-dealkylation sites (tertiary alicyclic amines) is 1. The van der Waals surface area contributed by atoms with Crippen LogP contribution in [0, 0.1) is 5.82 Å². The molecule has 29 heavy (non-hydrogen) atoms. The first kappa shape index (κ1) is 19.8. The number of nitrogens with one attached hydrogen (secondary N) is 1. The number of aromatic nitrogens is 2. The van der Waals surface area contributed by atoms with Crippen molar-refractivity contribution in [3.8, 4) is 0 Å². The average molecular weight is 407 g/mol. The molecule has 1 unspecified atom stereocenters. The van der Waals surface area contributed by atoms with Crippen LogP contribution < -0.4 is 0 Å². The van der Waals surface area contributed by atoms with E-state index in [2.05, 4.69) is 14.9 Å². The molecule has 2 aromatic carbocycles. The molecule has 1 aliphatic rings. The van der Waals surface area contributed by atoms with Gasteiger partial charge >= 0.3 is 6.18 Å². The van der Waals surface area contributed by atoms with E-state index in [0.717, 1.165) is 31.3 Å². The van der Waals surface area contributed by atoms with Crippen LogP contribution in [0.15, 0.2) is 42.5 Å². The molecule has 1 N–H and O–H groups in total. The first-order chi connectivity index (χ1) is 13.8. The zero-order chi connectivity index (χ0) is 20.6. The molecule has 154 valence electrons. The fourth-order valence-corrected chi connectivity index (χ4v) is 3.62. The number of nitrogens with zero attached hydrogens (tertiary/aromatic N) is 2. The number of halogens is 4. The zero-order valence-electron chi connectivity index (χ0n) is 15.8. The summed E-state index contributed by atoms with van der Waals surface area (Å²) >= 11 is 0. The Balaban J connectivity index is 1.75. The van der Waals surface area contributed by atoms with Crippen LogP contribution in [0.25, 0.3) is 11.0 Å². The number of benzene rings is 2. The molecule has 4 rings (SSSR count). The van der Waals surface area contributed by atoms with Gasteiger partial charge in [-0.2, -0.15) is 13.2 Å². The number of hydrogen-bond acceptors (Lipinski definition) is 3. The summed E-state index contributed by atoms with van der Waals surface area (Å²) in [7, 11) is 2.00. The smallest absolute Gasteiger partial charge is 0.362 e. The van der Waals surface area contributed by atoms with Crippen LogP contribution >= 0.6 is 0 Å². The van der Waals surface area contributed by atoms with Gasteiger partial charge in [-0.3, -0.25) is 0 Å². The minimum absolute atomic E-state index is 0.169. The molecule has 1 atom stereocenters. The van der Waals surface area contributed by atoms with Crippen molar-refractivity contribution in [2.45, 2.75) is 31.2 Å². The number of fused-ring (bicyclic) bond motifs is 1. The van der Waals surface area contributed by atoms with E-state index in [9.17, 15) is 17.6 Å². The van der Waals surface area contributed by atoms with Crippen LogP contribution in [0.5, 0.6) is 0 Å². The van der Waals surface area contributed by atoms with Crippen LogP contribution in [-0.2, 0) is 10.9 Å². The van der Waals surface area contributed by atoms with Gasteiger partial charge in [0.1, 0.15) is 17.7 Å². The Morgan fingerprint density at radius 3 is 2.55 bits per heavy atom. The summed E-state index contributed by atoms with van der Waals surface area (Å²) in [6.07, 6.45) is -4.40. The summed E-state index contributed by atoms with van der Waals surface area (Å²) in [5, 5.41) is 0. The lowest BCUT2D eigenvalue weighted by Crippen LogP contribution is -2.35. The molecule has 1 aliphatic heterocycles. The zero-order valence-corrected chi connectivity index (χ0v) is 15.8. The lowest BCUT2D eigenvalue weighted by Gasteiger charge is -2.31. The highest BCUT2D eigenvalue weighted by Crippen LogP contribution is 2.36. The molecule has 3 aromatic rings. The number of H-pyrrole nitrogens is 1. The van der Waals surface area contributed by atoms with Gasteiger partial charge in [-0.1, -0.05) is 12.1 Å². The second-order valence-electron chi connectivity index (χ2n) is 7.39. The number of alkyl halides is 3. The summed E-state index contributed by atoms with van der Waals surface area (Å²) in [5.41, 5.74) is 0.276. The minimum atomic E-state index is -4.57. The molecule has 8 heteroatoms. The van der Waals surface area contributed by atoms with E-state index >= 15 is 0 Å². The molecule has 0 saturated carbocycles. The fourth-order valence-electron chi connectivity index (χ4n) is 3.62. The van der Waals surface area contributed by atoms with Gasteiger partial charge in [-0.25, -0.2) is 9.37 Å².